The number of carbonyl (C=O) groups is 2. The number of carbonyl (C=O) groups excluding carboxylic acids is 2. The van der Waals surface area contributed by atoms with Gasteiger partial charge in [-0.1, -0.05) is 0 Å². The van der Waals surface area contributed by atoms with Crippen molar-refractivity contribution in [2.45, 2.75) is 6.04 Å². The minimum Gasteiger partial charge on any atom is -0.368 e. The van der Waals surface area contributed by atoms with E-state index in [9.17, 15) is 18.0 Å². The number of rotatable bonds is 4. The molecule has 1 unspecified atom stereocenters. The molecule has 0 bridgehead atoms. The number of nitrogens with one attached hydrogen (secondary N) is 2. The van der Waals surface area contributed by atoms with Gasteiger partial charge in [0.2, 0.25) is 15.9 Å². The van der Waals surface area contributed by atoms with Crippen LogP contribution < -0.4 is 15.9 Å². The smallest absolute Gasteiger partial charge is 0.271 e. The number of hydrogen-bond donors (Lipinski definition) is 4. The van der Waals surface area contributed by atoms with Gasteiger partial charge in [0.15, 0.2) is 6.04 Å². The lowest BCUT2D eigenvalue weighted by atomic mass is 10.3. The van der Waals surface area contributed by atoms with Crippen LogP contribution in [-0.4, -0.2) is 37.7 Å². The average Bonchev–Trinajstić information content (AvgIpc) is 1.96. The van der Waals surface area contributed by atoms with E-state index in [0.29, 0.717) is 0 Å². The Hall–Kier alpha value is -1.19. The molecule has 0 aliphatic heterocycles. The fourth-order valence-electron chi connectivity index (χ4n) is 0.519. The molecule has 1 atom stereocenters. The van der Waals surface area contributed by atoms with E-state index in [0.717, 1.165) is 11.7 Å². The molecule has 0 aliphatic carbocycles. The zero-order chi connectivity index (χ0) is 10.6. The summed E-state index contributed by atoms with van der Waals surface area (Å²) in [7, 11) is -3.75. The summed E-state index contributed by atoms with van der Waals surface area (Å²) in [4.78, 5) is 21.1. The highest BCUT2D eigenvalue weighted by Gasteiger charge is 2.26. The van der Waals surface area contributed by atoms with Gasteiger partial charge in [-0.3, -0.25) is 14.8 Å². The van der Waals surface area contributed by atoms with Crippen LogP contribution in [0.4, 0.5) is 0 Å². The summed E-state index contributed by atoms with van der Waals surface area (Å²) in [6, 6.07) is -1.81. The van der Waals surface area contributed by atoms with Gasteiger partial charge in [-0.15, -0.1) is 0 Å². The fourth-order valence-corrected chi connectivity index (χ4v) is 1.17. The topological polar surface area (TPSA) is 139 Å². The SMILES string of the molecule is CS(=O)(=O)NC(C(N)=O)C(=O)NO. The molecule has 0 fully saturated rings. The molecule has 0 heterocycles. The Morgan fingerprint density at radius 3 is 2.15 bits per heavy atom. The maximum atomic E-state index is 10.6. The van der Waals surface area contributed by atoms with Gasteiger partial charge in [0.1, 0.15) is 0 Å². The van der Waals surface area contributed by atoms with Crippen LogP contribution in [0.15, 0.2) is 0 Å². The fraction of sp³-hybridized carbons (Fsp3) is 0.500. The molecule has 0 aromatic rings. The molecule has 5 N–H and O–H groups in total. The van der Waals surface area contributed by atoms with Crippen molar-refractivity contribution in [3.8, 4) is 0 Å². The molecule has 76 valence electrons. The first-order valence-corrected chi connectivity index (χ1v) is 4.87. The van der Waals surface area contributed by atoms with Crippen LogP contribution in [0.2, 0.25) is 0 Å². The predicted molar refractivity (Wildman–Crippen MR) is 40.9 cm³/mol. The van der Waals surface area contributed by atoms with Gasteiger partial charge in [-0.05, 0) is 0 Å². The maximum Gasteiger partial charge on any atom is 0.271 e. The van der Waals surface area contributed by atoms with Crippen molar-refractivity contribution in [2.24, 2.45) is 5.73 Å². The Labute approximate surface area is 74.1 Å². The Morgan fingerprint density at radius 2 is 1.92 bits per heavy atom. The molecule has 0 saturated carbocycles. The minimum absolute atomic E-state index is 0.744. The molecule has 0 aromatic heterocycles. The van der Waals surface area contributed by atoms with Crippen molar-refractivity contribution in [3.05, 3.63) is 0 Å². The third kappa shape index (κ3) is 4.40. The van der Waals surface area contributed by atoms with Crippen LogP contribution in [0.3, 0.4) is 0 Å². The second-order valence-electron chi connectivity index (χ2n) is 2.20. The van der Waals surface area contributed by atoms with Crippen molar-refractivity contribution < 1.29 is 23.2 Å². The molecule has 0 aromatic carbocycles. The number of hydrogen-bond acceptors (Lipinski definition) is 5. The minimum atomic E-state index is -3.75. The van der Waals surface area contributed by atoms with E-state index in [1.807, 2.05) is 0 Å². The van der Waals surface area contributed by atoms with Gasteiger partial charge >= 0.3 is 0 Å². The molecule has 0 rings (SSSR count). The summed E-state index contributed by atoms with van der Waals surface area (Å²) in [6.07, 6.45) is 0.744. The van der Waals surface area contributed by atoms with E-state index in [1.54, 1.807) is 4.72 Å². The Balaban J connectivity index is 4.65. The third-order valence-electron chi connectivity index (χ3n) is 0.989. The number of primary amides is 1. The second-order valence-corrected chi connectivity index (χ2v) is 3.98. The van der Waals surface area contributed by atoms with E-state index >= 15 is 0 Å². The van der Waals surface area contributed by atoms with Gasteiger partial charge in [-0.2, -0.15) is 4.72 Å². The molecule has 9 heteroatoms. The zero-order valence-corrected chi connectivity index (χ0v) is 7.46. The monoisotopic (exact) mass is 211 g/mol. The predicted octanol–water partition coefficient (Wildman–Crippen LogP) is -3.11. The van der Waals surface area contributed by atoms with Crippen LogP contribution in [0.25, 0.3) is 0 Å². The Morgan fingerprint density at radius 1 is 1.46 bits per heavy atom. The largest absolute Gasteiger partial charge is 0.368 e. The highest BCUT2D eigenvalue weighted by Crippen LogP contribution is 1.86. The van der Waals surface area contributed by atoms with Gasteiger partial charge in [0.25, 0.3) is 5.91 Å². The molecule has 0 aliphatic rings. The van der Waals surface area contributed by atoms with Crippen molar-refractivity contribution in [3.63, 3.8) is 0 Å². The molecule has 0 spiro atoms. The third-order valence-corrected chi connectivity index (χ3v) is 1.65. The molecule has 8 nitrogen and oxygen atoms in total. The van der Waals surface area contributed by atoms with E-state index in [2.05, 4.69) is 5.73 Å². The summed E-state index contributed by atoms with van der Waals surface area (Å²) in [5.74, 6) is -2.45. The maximum absolute atomic E-state index is 10.6. The summed E-state index contributed by atoms with van der Waals surface area (Å²) in [5.41, 5.74) is 5.78. The van der Waals surface area contributed by atoms with Gasteiger partial charge in [0.05, 0.1) is 6.26 Å². The van der Waals surface area contributed by atoms with Gasteiger partial charge < -0.3 is 5.73 Å². The highest BCUT2D eigenvalue weighted by molar-refractivity contribution is 7.88. The Bertz CT molecular complexity index is 310. The summed E-state index contributed by atoms with van der Waals surface area (Å²) < 4.78 is 22.8. The zero-order valence-electron chi connectivity index (χ0n) is 6.64. The lowest BCUT2D eigenvalue weighted by Crippen LogP contribution is -2.53. The van der Waals surface area contributed by atoms with E-state index in [-0.39, 0.29) is 0 Å². The quantitative estimate of drug-likeness (QED) is 0.221. The first-order chi connectivity index (χ1) is 5.78. The lowest BCUT2D eigenvalue weighted by molar-refractivity contribution is -0.135. The number of nitrogens with two attached hydrogens (primary N) is 1. The first-order valence-electron chi connectivity index (χ1n) is 2.98. The molecular formula is C4H9N3O5S. The summed E-state index contributed by atoms with van der Waals surface area (Å²) >= 11 is 0. The lowest BCUT2D eigenvalue weighted by Gasteiger charge is -2.10. The van der Waals surface area contributed by atoms with Crippen LogP contribution in [0, 0.1) is 0 Å². The second kappa shape index (κ2) is 4.16. The first kappa shape index (κ1) is 11.8. The summed E-state index contributed by atoms with van der Waals surface area (Å²) in [5, 5.41) is 8.11. The standard InChI is InChI=1S/C4H9N3O5S/c1-13(11,12)7-2(3(5)8)4(9)6-10/h2,7,10H,1H3,(H2,5,8)(H,6,9). The van der Waals surface area contributed by atoms with E-state index in [1.165, 1.54) is 0 Å². The van der Waals surface area contributed by atoms with Crippen LogP contribution >= 0.6 is 0 Å². The van der Waals surface area contributed by atoms with Crippen molar-refractivity contribution in [1.29, 1.82) is 0 Å². The van der Waals surface area contributed by atoms with Crippen LogP contribution in [-0.2, 0) is 19.6 Å². The summed E-state index contributed by atoms with van der Waals surface area (Å²) in [6.45, 7) is 0. The van der Waals surface area contributed by atoms with E-state index < -0.39 is 27.9 Å². The van der Waals surface area contributed by atoms with Gasteiger partial charge in [0, 0.05) is 0 Å². The van der Waals surface area contributed by atoms with E-state index in [4.69, 9.17) is 5.21 Å². The molecular weight excluding hydrogens is 202 g/mol. The molecule has 13 heavy (non-hydrogen) atoms. The van der Waals surface area contributed by atoms with Gasteiger partial charge in [-0.25, -0.2) is 13.9 Å². The Kier molecular flexibility index (Phi) is 3.78. The number of amides is 2. The normalized spacial score (nSPS) is 13.4. The van der Waals surface area contributed by atoms with Crippen LogP contribution in [0.5, 0.6) is 0 Å². The highest BCUT2D eigenvalue weighted by atomic mass is 32.2. The van der Waals surface area contributed by atoms with Crippen molar-refractivity contribution >= 4 is 21.8 Å². The average molecular weight is 211 g/mol. The van der Waals surface area contributed by atoms with Crippen LogP contribution in [0.1, 0.15) is 0 Å². The number of sulfonamides is 1. The molecule has 0 saturated heterocycles. The molecule has 2 amide bonds. The van der Waals surface area contributed by atoms with Crippen molar-refractivity contribution in [2.75, 3.05) is 6.26 Å². The van der Waals surface area contributed by atoms with Crippen molar-refractivity contribution in [1.82, 2.24) is 10.2 Å². The molecule has 0 radical (unpaired) electrons. The number of hydroxylamine groups is 1.